The Kier molecular flexibility index (Phi) is 9.01. The first kappa shape index (κ1) is 19.8. The van der Waals surface area contributed by atoms with Crippen LogP contribution in [0.2, 0.25) is 5.02 Å². The van der Waals surface area contributed by atoms with Crippen LogP contribution in [0, 0.1) is 6.92 Å². The van der Waals surface area contributed by atoms with E-state index in [2.05, 4.69) is 26.8 Å². The summed E-state index contributed by atoms with van der Waals surface area (Å²) in [6, 6.07) is 7.91. The lowest BCUT2D eigenvalue weighted by Crippen LogP contribution is -2.39. The molecule has 7 heteroatoms. The van der Waals surface area contributed by atoms with Gasteiger partial charge in [-0.25, -0.2) is 0 Å². The molecule has 5 nitrogen and oxygen atoms in total. The van der Waals surface area contributed by atoms with E-state index in [-0.39, 0.29) is 24.0 Å². The minimum atomic E-state index is 0. The van der Waals surface area contributed by atoms with Crippen LogP contribution < -0.4 is 10.6 Å². The van der Waals surface area contributed by atoms with Crippen LogP contribution in [0.4, 0.5) is 0 Å². The van der Waals surface area contributed by atoms with Gasteiger partial charge in [-0.2, -0.15) is 5.10 Å². The number of aryl methyl sites for hydroxylation is 1. The molecule has 0 aliphatic heterocycles. The Labute approximate surface area is 159 Å². The third-order valence-electron chi connectivity index (χ3n) is 3.21. The third kappa shape index (κ3) is 7.22. The normalized spacial score (nSPS) is 11.0. The van der Waals surface area contributed by atoms with Crippen molar-refractivity contribution < 1.29 is 0 Å². The molecule has 1 aromatic carbocycles. The van der Waals surface area contributed by atoms with Gasteiger partial charge in [-0.3, -0.25) is 9.67 Å². The summed E-state index contributed by atoms with van der Waals surface area (Å²) in [5.41, 5.74) is 2.38. The number of rotatable bonds is 6. The summed E-state index contributed by atoms with van der Waals surface area (Å²) in [6.07, 6.45) is 4.79. The van der Waals surface area contributed by atoms with Crippen molar-refractivity contribution in [3.8, 4) is 0 Å². The Balaban J connectivity index is 0.00000264. The third-order valence-corrected chi connectivity index (χ3v) is 3.45. The number of benzene rings is 1. The number of hydrogen-bond donors (Lipinski definition) is 2. The Morgan fingerprint density at radius 2 is 2.09 bits per heavy atom. The van der Waals surface area contributed by atoms with Gasteiger partial charge in [-0.1, -0.05) is 23.7 Å². The molecule has 0 aliphatic rings. The van der Waals surface area contributed by atoms with Crippen LogP contribution in [0.15, 0.2) is 41.7 Å². The molecule has 0 amide bonds. The van der Waals surface area contributed by atoms with Crippen molar-refractivity contribution >= 4 is 41.5 Å². The van der Waals surface area contributed by atoms with Crippen LogP contribution in [0.1, 0.15) is 11.1 Å². The summed E-state index contributed by atoms with van der Waals surface area (Å²) in [5.74, 6) is 0.797. The van der Waals surface area contributed by atoms with Crippen LogP contribution in [0.5, 0.6) is 0 Å². The average Bonchev–Trinajstić information content (AvgIpc) is 2.91. The van der Waals surface area contributed by atoms with Crippen molar-refractivity contribution in [1.29, 1.82) is 0 Å². The molecule has 2 aromatic rings. The van der Waals surface area contributed by atoms with Gasteiger partial charge in [0.2, 0.25) is 0 Å². The molecule has 2 N–H and O–H groups in total. The molecule has 0 unspecified atom stereocenters. The monoisotopic (exact) mass is 447 g/mol. The number of aromatic nitrogens is 2. The van der Waals surface area contributed by atoms with Crippen LogP contribution in [-0.2, 0) is 13.0 Å². The number of nitrogens with zero attached hydrogens (tertiary/aromatic N) is 3. The van der Waals surface area contributed by atoms with E-state index in [1.807, 2.05) is 42.2 Å². The van der Waals surface area contributed by atoms with Gasteiger partial charge in [0.25, 0.3) is 0 Å². The van der Waals surface area contributed by atoms with Gasteiger partial charge in [-0.15, -0.1) is 24.0 Å². The fourth-order valence-corrected chi connectivity index (χ4v) is 2.33. The van der Waals surface area contributed by atoms with E-state index < -0.39 is 0 Å². The van der Waals surface area contributed by atoms with Crippen molar-refractivity contribution in [3.63, 3.8) is 0 Å². The second kappa shape index (κ2) is 10.5. The summed E-state index contributed by atoms with van der Waals surface area (Å²) in [5, 5.41) is 11.6. The molecule has 1 heterocycles. The molecule has 2 rings (SSSR count). The summed E-state index contributed by atoms with van der Waals surface area (Å²) in [6.45, 7) is 4.43. The van der Waals surface area contributed by atoms with Crippen LogP contribution in [0.3, 0.4) is 0 Å². The predicted octanol–water partition coefficient (Wildman–Crippen LogP) is 2.87. The highest BCUT2D eigenvalue weighted by atomic mass is 127. The molecule has 1 aromatic heterocycles. The van der Waals surface area contributed by atoms with E-state index in [1.165, 1.54) is 11.1 Å². The van der Waals surface area contributed by atoms with Crippen LogP contribution in [0.25, 0.3) is 0 Å². The number of hydrogen-bond acceptors (Lipinski definition) is 2. The van der Waals surface area contributed by atoms with Crippen molar-refractivity contribution in [3.05, 3.63) is 52.8 Å². The van der Waals surface area contributed by atoms with E-state index >= 15 is 0 Å². The van der Waals surface area contributed by atoms with E-state index in [0.717, 1.165) is 37.0 Å². The maximum absolute atomic E-state index is 5.98. The minimum Gasteiger partial charge on any atom is -0.356 e. The zero-order valence-corrected chi connectivity index (χ0v) is 16.5. The van der Waals surface area contributed by atoms with Gasteiger partial charge < -0.3 is 10.6 Å². The SMILES string of the molecule is CN=C(NCCc1cccc(Cl)c1)NCCn1cc(C)cn1.I. The molecule has 0 aliphatic carbocycles. The summed E-state index contributed by atoms with van der Waals surface area (Å²) < 4.78 is 1.92. The molecule has 0 spiro atoms. The van der Waals surface area contributed by atoms with E-state index in [9.17, 15) is 0 Å². The molecule has 126 valence electrons. The highest BCUT2D eigenvalue weighted by molar-refractivity contribution is 14.0. The molecule has 0 bridgehead atoms. The predicted molar refractivity (Wildman–Crippen MR) is 107 cm³/mol. The largest absolute Gasteiger partial charge is 0.356 e. The maximum Gasteiger partial charge on any atom is 0.191 e. The molecular formula is C16H23ClIN5. The molecule has 0 radical (unpaired) electrons. The van der Waals surface area contributed by atoms with Gasteiger partial charge in [0, 0.05) is 31.4 Å². The quantitative estimate of drug-likeness (QED) is 0.407. The van der Waals surface area contributed by atoms with Crippen molar-refractivity contribution in [2.45, 2.75) is 19.9 Å². The standard InChI is InChI=1S/C16H22ClN5.HI/c1-13-11-21-22(12-13)9-8-20-16(18-2)19-7-6-14-4-3-5-15(17)10-14;/h3-5,10-12H,6-9H2,1-2H3,(H2,18,19,20);1H. The molecule has 23 heavy (non-hydrogen) atoms. The zero-order valence-electron chi connectivity index (χ0n) is 13.4. The summed E-state index contributed by atoms with van der Waals surface area (Å²) in [4.78, 5) is 4.21. The first-order valence-corrected chi connectivity index (χ1v) is 7.73. The lowest BCUT2D eigenvalue weighted by molar-refractivity contribution is 0.597. The first-order valence-electron chi connectivity index (χ1n) is 7.35. The van der Waals surface area contributed by atoms with E-state index in [4.69, 9.17) is 11.6 Å². The van der Waals surface area contributed by atoms with Crippen molar-refractivity contribution in [2.24, 2.45) is 4.99 Å². The lowest BCUT2D eigenvalue weighted by Gasteiger charge is -2.12. The first-order chi connectivity index (χ1) is 10.7. The second-order valence-electron chi connectivity index (χ2n) is 5.09. The highest BCUT2D eigenvalue weighted by Crippen LogP contribution is 2.10. The van der Waals surface area contributed by atoms with Gasteiger partial charge in [0.05, 0.1) is 12.7 Å². The number of nitrogens with one attached hydrogen (secondary N) is 2. The number of guanidine groups is 1. The fourth-order valence-electron chi connectivity index (χ4n) is 2.12. The fraction of sp³-hybridized carbons (Fsp3) is 0.375. The minimum absolute atomic E-state index is 0. The summed E-state index contributed by atoms with van der Waals surface area (Å²) >= 11 is 5.98. The molecular weight excluding hydrogens is 425 g/mol. The molecule has 0 saturated carbocycles. The topological polar surface area (TPSA) is 54.2 Å². The van der Waals surface area contributed by atoms with Crippen LogP contribution in [-0.4, -0.2) is 35.9 Å². The number of aliphatic imine (C=N–C) groups is 1. The Hall–Kier alpha value is -1.28. The van der Waals surface area contributed by atoms with E-state index in [1.54, 1.807) is 7.05 Å². The van der Waals surface area contributed by atoms with Gasteiger partial charge in [0.1, 0.15) is 0 Å². The van der Waals surface area contributed by atoms with Gasteiger partial charge in [0.15, 0.2) is 5.96 Å². The lowest BCUT2D eigenvalue weighted by atomic mass is 10.1. The maximum atomic E-state index is 5.98. The zero-order chi connectivity index (χ0) is 15.8. The molecule has 0 fully saturated rings. The number of halogens is 2. The smallest absolute Gasteiger partial charge is 0.191 e. The molecule has 0 atom stereocenters. The Morgan fingerprint density at radius 1 is 1.30 bits per heavy atom. The Morgan fingerprint density at radius 3 is 2.74 bits per heavy atom. The van der Waals surface area contributed by atoms with Crippen LogP contribution >= 0.6 is 35.6 Å². The second-order valence-corrected chi connectivity index (χ2v) is 5.52. The average molecular weight is 448 g/mol. The molecule has 0 saturated heterocycles. The van der Waals surface area contributed by atoms with E-state index in [0.29, 0.717) is 0 Å². The van der Waals surface area contributed by atoms with Gasteiger partial charge in [-0.05, 0) is 36.6 Å². The van der Waals surface area contributed by atoms with Gasteiger partial charge >= 0.3 is 0 Å². The van der Waals surface area contributed by atoms with Crippen molar-refractivity contribution in [2.75, 3.05) is 20.1 Å². The Bertz CT molecular complexity index is 626. The summed E-state index contributed by atoms with van der Waals surface area (Å²) in [7, 11) is 1.77. The van der Waals surface area contributed by atoms with Crippen molar-refractivity contribution in [1.82, 2.24) is 20.4 Å². The highest BCUT2D eigenvalue weighted by Gasteiger charge is 1.99.